The minimum Gasteiger partial charge on any atom is -0.497 e. The van der Waals surface area contributed by atoms with E-state index >= 15 is 0 Å². The van der Waals surface area contributed by atoms with E-state index in [1.807, 2.05) is 42.5 Å². The summed E-state index contributed by atoms with van der Waals surface area (Å²) in [6, 6.07) is 13.5. The van der Waals surface area contributed by atoms with Crippen LogP contribution in [0.15, 0.2) is 42.5 Å². The van der Waals surface area contributed by atoms with Crippen molar-refractivity contribution in [3.8, 4) is 16.9 Å². The third-order valence-corrected chi connectivity index (χ3v) is 3.63. The Labute approximate surface area is 121 Å². The number of aromatic amines is 1. The van der Waals surface area contributed by atoms with Gasteiger partial charge < -0.3 is 9.72 Å². The summed E-state index contributed by atoms with van der Waals surface area (Å²) in [4.78, 5) is 14.3. The smallest absolute Gasteiger partial charge is 0.153 e. The normalized spacial score (nSPS) is 10.7. The Hall–Kier alpha value is -2.26. The minimum absolute atomic E-state index is 0.371. The number of rotatable bonds is 3. The number of aldehydes is 1. The van der Waals surface area contributed by atoms with Crippen LogP contribution in [-0.2, 0) is 0 Å². The quantitative estimate of drug-likeness (QED) is 0.729. The molecule has 100 valence electrons. The molecule has 1 N–H and O–H groups in total. The Kier molecular flexibility index (Phi) is 3.20. The van der Waals surface area contributed by atoms with Gasteiger partial charge in [0, 0.05) is 10.9 Å². The number of hydrogen-bond acceptors (Lipinski definition) is 2. The van der Waals surface area contributed by atoms with Crippen LogP contribution >= 0.6 is 11.6 Å². The number of H-pyrrole nitrogens is 1. The summed E-state index contributed by atoms with van der Waals surface area (Å²) in [5.41, 5.74) is 3.32. The fraction of sp³-hybridized carbons (Fsp3) is 0.0625. The predicted octanol–water partition coefficient (Wildman–Crippen LogP) is 4.31. The molecule has 0 saturated carbocycles. The van der Waals surface area contributed by atoms with Crippen LogP contribution in [0.1, 0.15) is 10.4 Å². The third-order valence-electron chi connectivity index (χ3n) is 3.33. The topological polar surface area (TPSA) is 42.1 Å². The Bertz CT molecular complexity index is 775. The van der Waals surface area contributed by atoms with Crippen molar-refractivity contribution in [2.75, 3.05) is 7.11 Å². The predicted molar refractivity (Wildman–Crippen MR) is 80.7 cm³/mol. The SMILES string of the molecule is COc1ccc(-c2cccc3[nH]c(Cl)c(C=O)c23)cc1. The van der Waals surface area contributed by atoms with Gasteiger partial charge in [-0.25, -0.2) is 0 Å². The molecule has 0 aliphatic rings. The third kappa shape index (κ3) is 1.96. The summed E-state index contributed by atoms with van der Waals surface area (Å²) in [6.07, 6.45) is 0.786. The lowest BCUT2D eigenvalue weighted by Crippen LogP contribution is -1.85. The average Bonchev–Trinajstić information content (AvgIpc) is 2.82. The molecule has 0 unspecified atom stereocenters. The molecular formula is C16H12ClNO2. The molecule has 0 spiro atoms. The number of methoxy groups -OCH3 is 1. The van der Waals surface area contributed by atoms with Crippen molar-refractivity contribution in [1.29, 1.82) is 0 Å². The van der Waals surface area contributed by atoms with Crippen molar-refractivity contribution in [2.24, 2.45) is 0 Å². The van der Waals surface area contributed by atoms with E-state index < -0.39 is 0 Å². The van der Waals surface area contributed by atoms with E-state index in [2.05, 4.69) is 4.98 Å². The number of nitrogens with one attached hydrogen (secondary N) is 1. The number of aromatic nitrogens is 1. The highest BCUT2D eigenvalue weighted by Crippen LogP contribution is 2.34. The van der Waals surface area contributed by atoms with Crippen LogP contribution in [0.4, 0.5) is 0 Å². The molecule has 0 radical (unpaired) electrons. The van der Waals surface area contributed by atoms with Gasteiger partial charge in [-0.3, -0.25) is 4.79 Å². The zero-order valence-corrected chi connectivity index (χ0v) is 11.6. The first-order valence-corrected chi connectivity index (χ1v) is 6.52. The lowest BCUT2D eigenvalue weighted by Gasteiger charge is -2.06. The van der Waals surface area contributed by atoms with Gasteiger partial charge in [-0.2, -0.15) is 0 Å². The van der Waals surface area contributed by atoms with Crippen LogP contribution in [0.3, 0.4) is 0 Å². The Morgan fingerprint density at radius 3 is 2.55 bits per heavy atom. The molecule has 0 aliphatic heterocycles. The number of hydrogen-bond donors (Lipinski definition) is 1. The monoisotopic (exact) mass is 285 g/mol. The highest BCUT2D eigenvalue weighted by Gasteiger charge is 2.13. The summed E-state index contributed by atoms with van der Waals surface area (Å²) in [5, 5.41) is 1.22. The molecule has 0 bridgehead atoms. The summed E-state index contributed by atoms with van der Waals surface area (Å²) in [6.45, 7) is 0. The van der Waals surface area contributed by atoms with Crippen LogP contribution in [0.25, 0.3) is 22.0 Å². The van der Waals surface area contributed by atoms with E-state index in [9.17, 15) is 4.79 Å². The van der Waals surface area contributed by atoms with Crippen molar-refractivity contribution < 1.29 is 9.53 Å². The highest BCUT2D eigenvalue weighted by molar-refractivity contribution is 6.34. The second kappa shape index (κ2) is 5.02. The lowest BCUT2D eigenvalue weighted by molar-refractivity contribution is 0.112. The minimum atomic E-state index is 0.371. The molecule has 4 heteroatoms. The van der Waals surface area contributed by atoms with Gasteiger partial charge in [-0.05, 0) is 29.3 Å². The Morgan fingerprint density at radius 1 is 1.15 bits per heavy atom. The van der Waals surface area contributed by atoms with Crippen molar-refractivity contribution in [2.45, 2.75) is 0 Å². The largest absolute Gasteiger partial charge is 0.497 e. The molecule has 3 rings (SSSR count). The fourth-order valence-electron chi connectivity index (χ4n) is 2.36. The molecule has 0 fully saturated rings. The fourth-order valence-corrected chi connectivity index (χ4v) is 2.60. The zero-order chi connectivity index (χ0) is 14.1. The number of carbonyl (C=O) groups excluding carboxylic acids is 1. The first-order valence-electron chi connectivity index (χ1n) is 6.14. The van der Waals surface area contributed by atoms with Gasteiger partial charge in [0.05, 0.1) is 12.7 Å². The second-order valence-corrected chi connectivity index (χ2v) is 4.81. The molecule has 1 heterocycles. The second-order valence-electron chi connectivity index (χ2n) is 4.43. The Balaban J connectivity index is 2.26. The molecule has 3 nitrogen and oxygen atoms in total. The number of fused-ring (bicyclic) bond motifs is 1. The average molecular weight is 286 g/mol. The lowest BCUT2D eigenvalue weighted by atomic mass is 9.99. The molecular weight excluding hydrogens is 274 g/mol. The summed E-state index contributed by atoms with van der Waals surface area (Å²) >= 11 is 6.07. The van der Waals surface area contributed by atoms with E-state index in [-0.39, 0.29) is 0 Å². The van der Waals surface area contributed by atoms with Gasteiger partial charge in [0.1, 0.15) is 10.9 Å². The molecule has 0 saturated heterocycles. The maximum absolute atomic E-state index is 11.3. The molecule has 0 aliphatic carbocycles. The number of carbonyl (C=O) groups is 1. The number of halogens is 1. The van der Waals surface area contributed by atoms with Crippen LogP contribution < -0.4 is 4.74 Å². The molecule has 0 atom stereocenters. The van der Waals surface area contributed by atoms with Crippen molar-refractivity contribution in [1.82, 2.24) is 4.98 Å². The first kappa shape index (κ1) is 12.8. The molecule has 1 aromatic heterocycles. The van der Waals surface area contributed by atoms with E-state index in [1.165, 1.54) is 0 Å². The molecule has 20 heavy (non-hydrogen) atoms. The van der Waals surface area contributed by atoms with Gasteiger partial charge >= 0.3 is 0 Å². The summed E-state index contributed by atoms with van der Waals surface area (Å²) in [5.74, 6) is 0.795. The van der Waals surface area contributed by atoms with Gasteiger partial charge in [0.15, 0.2) is 6.29 Å². The van der Waals surface area contributed by atoms with Gasteiger partial charge in [0.2, 0.25) is 0 Å². The molecule has 2 aromatic carbocycles. The van der Waals surface area contributed by atoms with Crippen molar-refractivity contribution >= 4 is 28.8 Å². The van der Waals surface area contributed by atoms with Crippen LogP contribution in [-0.4, -0.2) is 18.4 Å². The van der Waals surface area contributed by atoms with E-state index in [4.69, 9.17) is 16.3 Å². The van der Waals surface area contributed by atoms with Crippen LogP contribution in [0.2, 0.25) is 5.15 Å². The van der Waals surface area contributed by atoms with E-state index in [0.29, 0.717) is 10.7 Å². The van der Waals surface area contributed by atoms with E-state index in [0.717, 1.165) is 34.1 Å². The van der Waals surface area contributed by atoms with Gasteiger partial charge in [0.25, 0.3) is 0 Å². The first-order chi connectivity index (χ1) is 9.74. The summed E-state index contributed by atoms with van der Waals surface area (Å²) < 4.78 is 5.16. The highest BCUT2D eigenvalue weighted by atomic mass is 35.5. The maximum Gasteiger partial charge on any atom is 0.153 e. The number of benzene rings is 2. The molecule has 3 aromatic rings. The Morgan fingerprint density at radius 2 is 1.90 bits per heavy atom. The summed E-state index contributed by atoms with van der Waals surface area (Å²) in [7, 11) is 1.63. The van der Waals surface area contributed by atoms with Crippen LogP contribution in [0.5, 0.6) is 5.75 Å². The van der Waals surface area contributed by atoms with Crippen molar-refractivity contribution in [3.05, 3.63) is 53.2 Å². The zero-order valence-electron chi connectivity index (χ0n) is 10.8. The standard InChI is InChI=1S/C16H12ClNO2/c1-20-11-7-5-10(6-8-11)12-3-2-4-14-15(12)13(9-19)16(17)18-14/h2-9,18H,1H3. The van der Waals surface area contributed by atoms with Crippen molar-refractivity contribution in [3.63, 3.8) is 0 Å². The van der Waals surface area contributed by atoms with Gasteiger partial charge in [-0.15, -0.1) is 0 Å². The van der Waals surface area contributed by atoms with Gasteiger partial charge in [-0.1, -0.05) is 35.9 Å². The van der Waals surface area contributed by atoms with Crippen LogP contribution in [0, 0.1) is 0 Å². The number of ether oxygens (including phenoxy) is 1. The van der Waals surface area contributed by atoms with E-state index in [1.54, 1.807) is 7.11 Å². The molecule has 0 amide bonds. The maximum atomic E-state index is 11.3.